The Balaban J connectivity index is 1.49. The molecule has 2 heterocycles. The lowest BCUT2D eigenvalue weighted by molar-refractivity contribution is 0.102. The number of hydrogen-bond acceptors (Lipinski definition) is 6. The van der Waals surface area contributed by atoms with Gasteiger partial charge < -0.3 is 5.32 Å². The van der Waals surface area contributed by atoms with Gasteiger partial charge in [0.2, 0.25) is 10.0 Å². The first-order valence-corrected chi connectivity index (χ1v) is 14.4. The van der Waals surface area contributed by atoms with E-state index < -0.39 is 26.0 Å². The van der Waals surface area contributed by atoms with E-state index in [1.165, 1.54) is 53.0 Å². The zero-order valence-corrected chi connectivity index (χ0v) is 21.6. The van der Waals surface area contributed by atoms with Crippen molar-refractivity contribution >= 4 is 37.5 Å². The molecule has 1 aromatic heterocycles. The molecule has 0 atom stereocenters. The monoisotopic (exact) mass is 528 g/mol. The number of nitrogens with one attached hydrogen (secondary N) is 2. The summed E-state index contributed by atoms with van der Waals surface area (Å²) in [4.78, 5) is 17.0. The van der Waals surface area contributed by atoms with Crippen LogP contribution in [0.2, 0.25) is 0 Å². The third-order valence-corrected chi connectivity index (χ3v) is 9.43. The molecule has 2 N–H and O–H groups in total. The molecule has 0 spiro atoms. The number of carbonyl (C=O) groups excluding carboxylic acids is 1. The molecule has 0 radical (unpaired) electrons. The van der Waals surface area contributed by atoms with Gasteiger partial charge in [-0.3, -0.25) is 9.52 Å². The zero-order chi connectivity index (χ0) is 25.9. The Kier molecular flexibility index (Phi) is 7.43. The molecule has 2 aromatic carbocycles. The van der Waals surface area contributed by atoms with Gasteiger partial charge in [0.25, 0.3) is 15.9 Å². The van der Waals surface area contributed by atoms with E-state index in [9.17, 15) is 21.6 Å². The van der Waals surface area contributed by atoms with Crippen LogP contribution in [0.25, 0.3) is 0 Å². The maximum absolute atomic E-state index is 13.1. The minimum absolute atomic E-state index is 0.00581. The molecule has 4 rings (SSSR count). The molecule has 9 nitrogen and oxygen atoms in total. The van der Waals surface area contributed by atoms with Crippen LogP contribution in [0.3, 0.4) is 0 Å². The summed E-state index contributed by atoms with van der Waals surface area (Å²) in [6.45, 7) is 4.76. The fourth-order valence-corrected chi connectivity index (χ4v) is 6.42. The Bertz CT molecular complexity index is 1450. The van der Waals surface area contributed by atoms with Gasteiger partial charge >= 0.3 is 0 Å². The number of rotatable bonds is 7. The molecule has 0 bridgehead atoms. The van der Waals surface area contributed by atoms with E-state index in [-0.39, 0.29) is 21.2 Å². The number of sulfonamides is 2. The standard InChI is InChI=1S/C25H28N4O5S2/c1-18-12-15-29(16-13-18)36(33,34)22-9-6-19(2)23(17-22)25(30)27-20-7-10-21(11-8-20)35(31,32)28-24-5-3-4-14-26-24/h3-11,14,17-18H,12-13,15-16H2,1-2H3,(H,26,28)(H,27,30). The number of nitrogens with zero attached hydrogens (tertiary/aromatic N) is 2. The summed E-state index contributed by atoms with van der Waals surface area (Å²) in [5.41, 5.74) is 1.22. The van der Waals surface area contributed by atoms with Crippen molar-refractivity contribution in [1.82, 2.24) is 9.29 Å². The highest BCUT2D eigenvalue weighted by Crippen LogP contribution is 2.25. The summed E-state index contributed by atoms with van der Waals surface area (Å²) < 4.78 is 55.3. The highest BCUT2D eigenvalue weighted by atomic mass is 32.2. The largest absolute Gasteiger partial charge is 0.322 e. The highest BCUT2D eigenvalue weighted by molar-refractivity contribution is 7.92. The lowest BCUT2D eigenvalue weighted by Gasteiger charge is -2.29. The van der Waals surface area contributed by atoms with Gasteiger partial charge in [0.1, 0.15) is 5.82 Å². The van der Waals surface area contributed by atoms with E-state index >= 15 is 0 Å². The van der Waals surface area contributed by atoms with Crippen LogP contribution >= 0.6 is 0 Å². The number of pyridine rings is 1. The molecule has 3 aromatic rings. The Morgan fingerprint density at radius 1 is 0.944 bits per heavy atom. The van der Waals surface area contributed by atoms with Crippen molar-refractivity contribution in [3.63, 3.8) is 0 Å². The van der Waals surface area contributed by atoms with Crippen molar-refractivity contribution in [3.8, 4) is 0 Å². The molecule has 1 saturated heterocycles. The van der Waals surface area contributed by atoms with Crippen LogP contribution in [-0.4, -0.2) is 45.1 Å². The van der Waals surface area contributed by atoms with E-state index in [0.717, 1.165) is 12.8 Å². The molecule has 0 unspecified atom stereocenters. The van der Waals surface area contributed by atoms with Gasteiger partial charge in [-0.05, 0) is 79.8 Å². The van der Waals surface area contributed by atoms with Crippen LogP contribution in [0.5, 0.6) is 0 Å². The van der Waals surface area contributed by atoms with Crippen LogP contribution in [0.4, 0.5) is 11.5 Å². The topological polar surface area (TPSA) is 126 Å². The number of aryl methyl sites for hydroxylation is 1. The molecule has 1 aliphatic heterocycles. The van der Waals surface area contributed by atoms with Crippen molar-refractivity contribution in [3.05, 3.63) is 78.0 Å². The van der Waals surface area contributed by atoms with Gasteiger partial charge in [-0.15, -0.1) is 0 Å². The molecule has 1 amide bonds. The van der Waals surface area contributed by atoms with Crippen molar-refractivity contribution in [2.45, 2.75) is 36.5 Å². The van der Waals surface area contributed by atoms with Crippen LogP contribution in [0, 0.1) is 12.8 Å². The third kappa shape index (κ3) is 5.75. The Morgan fingerprint density at radius 2 is 1.61 bits per heavy atom. The van der Waals surface area contributed by atoms with Gasteiger partial charge in [-0.2, -0.15) is 4.31 Å². The second kappa shape index (κ2) is 10.4. The summed E-state index contributed by atoms with van der Waals surface area (Å²) in [5.74, 6) is 0.196. The normalized spacial score (nSPS) is 15.4. The van der Waals surface area contributed by atoms with Crippen molar-refractivity contribution in [1.29, 1.82) is 0 Å². The number of hydrogen-bond donors (Lipinski definition) is 2. The maximum Gasteiger partial charge on any atom is 0.263 e. The summed E-state index contributed by atoms with van der Waals surface area (Å²) in [5, 5.41) is 2.72. The summed E-state index contributed by atoms with van der Waals surface area (Å²) in [6, 6.07) is 15.1. The Hall–Kier alpha value is -3.28. The minimum atomic E-state index is -3.85. The molecule has 1 aliphatic rings. The lowest BCUT2D eigenvalue weighted by Crippen LogP contribution is -2.38. The fraction of sp³-hybridized carbons (Fsp3) is 0.280. The molecule has 0 saturated carbocycles. The predicted molar refractivity (Wildman–Crippen MR) is 138 cm³/mol. The van der Waals surface area contributed by atoms with E-state index in [1.807, 2.05) is 0 Å². The van der Waals surface area contributed by atoms with Crippen molar-refractivity contribution < 1.29 is 21.6 Å². The second-order valence-corrected chi connectivity index (χ2v) is 12.5. The zero-order valence-electron chi connectivity index (χ0n) is 20.0. The molecule has 190 valence electrons. The maximum atomic E-state index is 13.1. The average molecular weight is 529 g/mol. The van der Waals surface area contributed by atoms with Crippen LogP contribution in [0.1, 0.15) is 35.7 Å². The average Bonchev–Trinajstić information content (AvgIpc) is 2.85. The Morgan fingerprint density at radius 3 is 2.25 bits per heavy atom. The van der Waals surface area contributed by atoms with E-state index in [4.69, 9.17) is 0 Å². The van der Waals surface area contributed by atoms with E-state index in [1.54, 1.807) is 25.1 Å². The third-order valence-electron chi connectivity index (χ3n) is 6.16. The number of amides is 1. The first-order valence-electron chi connectivity index (χ1n) is 11.5. The fourth-order valence-electron chi connectivity index (χ4n) is 3.92. The SMILES string of the molecule is Cc1ccc(S(=O)(=O)N2CCC(C)CC2)cc1C(=O)Nc1ccc(S(=O)(=O)Nc2ccccn2)cc1. The van der Waals surface area contributed by atoms with Gasteiger partial charge in [-0.25, -0.2) is 21.8 Å². The number of aromatic nitrogens is 1. The lowest BCUT2D eigenvalue weighted by atomic mass is 10.0. The number of anilines is 2. The minimum Gasteiger partial charge on any atom is -0.322 e. The second-order valence-electron chi connectivity index (χ2n) is 8.86. The van der Waals surface area contributed by atoms with Gasteiger partial charge in [-0.1, -0.05) is 19.1 Å². The summed E-state index contributed by atoms with van der Waals surface area (Å²) in [6.07, 6.45) is 3.09. The quantitative estimate of drug-likeness (QED) is 0.480. The van der Waals surface area contributed by atoms with E-state index in [0.29, 0.717) is 30.3 Å². The molecular formula is C25H28N4O5S2. The van der Waals surface area contributed by atoms with E-state index in [2.05, 4.69) is 21.9 Å². The van der Waals surface area contributed by atoms with Crippen molar-refractivity contribution in [2.24, 2.45) is 5.92 Å². The number of carbonyl (C=O) groups is 1. The van der Waals surface area contributed by atoms with Crippen molar-refractivity contribution in [2.75, 3.05) is 23.1 Å². The van der Waals surface area contributed by atoms with Crippen LogP contribution < -0.4 is 10.0 Å². The predicted octanol–water partition coefficient (Wildman–Crippen LogP) is 3.86. The van der Waals surface area contributed by atoms with Gasteiger partial charge in [0.15, 0.2) is 0 Å². The first kappa shape index (κ1) is 25.8. The first-order chi connectivity index (χ1) is 17.1. The molecule has 0 aliphatic carbocycles. The smallest absolute Gasteiger partial charge is 0.263 e. The highest BCUT2D eigenvalue weighted by Gasteiger charge is 2.29. The van der Waals surface area contributed by atoms with Gasteiger partial charge in [0.05, 0.1) is 9.79 Å². The molecule has 11 heteroatoms. The molecule has 1 fully saturated rings. The Labute approximate surface area is 211 Å². The van der Waals surface area contributed by atoms with Crippen LogP contribution in [-0.2, 0) is 20.0 Å². The molecule has 36 heavy (non-hydrogen) atoms. The van der Waals surface area contributed by atoms with Crippen LogP contribution in [0.15, 0.2) is 76.7 Å². The summed E-state index contributed by atoms with van der Waals surface area (Å²) in [7, 11) is -7.55. The summed E-state index contributed by atoms with van der Waals surface area (Å²) >= 11 is 0. The van der Waals surface area contributed by atoms with Gasteiger partial charge in [0, 0.05) is 30.5 Å². The number of piperidine rings is 1. The number of benzene rings is 2. The molecular weight excluding hydrogens is 500 g/mol.